The number of fused-ring (bicyclic) bond motifs is 1. The van der Waals surface area contributed by atoms with Crippen molar-refractivity contribution in [2.75, 3.05) is 19.8 Å². The van der Waals surface area contributed by atoms with Gasteiger partial charge in [-0.15, -0.1) is 0 Å². The lowest BCUT2D eigenvalue weighted by atomic mass is 9.94. The molecule has 1 aliphatic heterocycles. The Morgan fingerprint density at radius 2 is 2.07 bits per heavy atom. The Kier molecular flexibility index (Phi) is 4.99. The zero-order chi connectivity index (χ0) is 18.1. The predicted octanol–water partition coefficient (Wildman–Crippen LogP) is 2.61. The molecule has 3 atom stereocenters. The molecule has 1 aromatic carbocycles. The highest BCUT2D eigenvalue weighted by Crippen LogP contribution is 2.31. The first-order valence-electron chi connectivity index (χ1n) is 10.6. The number of benzene rings is 1. The molecule has 3 aliphatic rings. The van der Waals surface area contributed by atoms with E-state index in [1.807, 2.05) is 0 Å². The highest BCUT2D eigenvalue weighted by atomic mass is 16.5. The molecule has 2 aliphatic carbocycles. The van der Waals surface area contributed by atoms with Crippen LogP contribution in [0.1, 0.15) is 42.6 Å². The number of ether oxygens (including phenoxy) is 1. The van der Waals surface area contributed by atoms with Gasteiger partial charge in [0.25, 0.3) is 0 Å². The summed E-state index contributed by atoms with van der Waals surface area (Å²) in [6.45, 7) is 3.59. The van der Waals surface area contributed by atoms with Gasteiger partial charge in [0.2, 0.25) is 0 Å². The van der Waals surface area contributed by atoms with Gasteiger partial charge in [-0.2, -0.15) is 5.10 Å². The van der Waals surface area contributed by atoms with Crippen molar-refractivity contribution < 1.29 is 4.74 Å². The monoisotopic (exact) mass is 366 g/mol. The SMILES string of the molecule is c1ccc(-n2nc(CNC3CCCC3C3COCCN3)c3c2CCC3)cc1. The van der Waals surface area contributed by atoms with Crippen molar-refractivity contribution >= 4 is 0 Å². The third-order valence-corrected chi connectivity index (χ3v) is 6.58. The van der Waals surface area contributed by atoms with E-state index in [-0.39, 0.29) is 0 Å². The fraction of sp³-hybridized carbons (Fsp3) is 0.591. The third-order valence-electron chi connectivity index (χ3n) is 6.58. The van der Waals surface area contributed by atoms with Gasteiger partial charge in [-0.25, -0.2) is 4.68 Å². The first-order chi connectivity index (χ1) is 13.4. The highest BCUT2D eigenvalue weighted by Gasteiger charge is 2.35. The number of nitrogens with one attached hydrogen (secondary N) is 2. The number of rotatable bonds is 5. The second-order valence-electron chi connectivity index (χ2n) is 8.19. The predicted molar refractivity (Wildman–Crippen MR) is 106 cm³/mol. The summed E-state index contributed by atoms with van der Waals surface area (Å²) in [5, 5.41) is 12.6. The lowest BCUT2D eigenvalue weighted by Crippen LogP contribution is -2.50. The van der Waals surface area contributed by atoms with E-state index in [0.717, 1.165) is 32.7 Å². The van der Waals surface area contributed by atoms with Crippen molar-refractivity contribution in [3.63, 3.8) is 0 Å². The van der Waals surface area contributed by atoms with Crippen LogP contribution in [-0.2, 0) is 24.1 Å². The van der Waals surface area contributed by atoms with E-state index in [1.54, 1.807) is 0 Å². The van der Waals surface area contributed by atoms with Crippen LogP contribution in [-0.4, -0.2) is 41.6 Å². The second-order valence-corrected chi connectivity index (χ2v) is 8.19. The molecule has 1 aromatic heterocycles. The molecule has 5 nitrogen and oxygen atoms in total. The highest BCUT2D eigenvalue weighted by molar-refractivity contribution is 5.39. The van der Waals surface area contributed by atoms with Crippen molar-refractivity contribution in [2.45, 2.75) is 57.2 Å². The van der Waals surface area contributed by atoms with Gasteiger partial charge in [0.05, 0.1) is 24.6 Å². The summed E-state index contributed by atoms with van der Waals surface area (Å²) >= 11 is 0. The minimum Gasteiger partial charge on any atom is -0.379 e. The van der Waals surface area contributed by atoms with Crippen LogP contribution in [0.3, 0.4) is 0 Å². The molecule has 2 heterocycles. The summed E-state index contributed by atoms with van der Waals surface area (Å²) in [6.07, 6.45) is 7.46. The van der Waals surface area contributed by atoms with Crippen molar-refractivity contribution in [3.05, 3.63) is 47.3 Å². The molecule has 144 valence electrons. The van der Waals surface area contributed by atoms with E-state index < -0.39 is 0 Å². The van der Waals surface area contributed by atoms with Crippen LogP contribution in [0.15, 0.2) is 30.3 Å². The van der Waals surface area contributed by atoms with E-state index >= 15 is 0 Å². The summed E-state index contributed by atoms with van der Waals surface area (Å²) in [5.41, 5.74) is 5.34. The summed E-state index contributed by atoms with van der Waals surface area (Å²) in [5.74, 6) is 0.676. The third kappa shape index (κ3) is 3.44. The Morgan fingerprint density at radius 3 is 2.93 bits per heavy atom. The van der Waals surface area contributed by atoms with Crippen LogP contribution in [0.2, 0.25) is 0 Å². The number of para-hydroxylation sites is 1. The van der Waals surface area contributed by atoms with Gasteiger partial charge in [0.1, 0.15) is 0 Å². The Hall–Kier alpha value is -1.69. The van der Waals surface area contributed by atoms with Crippen LogP contribution >= 0.6 is 0 Å². The maximum atomic E-state index is 5.71. The smallest absolute Gasteiger partial charge is 0.0801 e. The lowest BCUT2D eigenvalue weighted by molar-refractivity contribution is 0.0524. The maximum Gasteiger partial charge on any atom is 0.0801 e. The van der Waals surface area contributed by atoms with Gasteiger partial charge in [-0.1, -0.05) is 24.6 Å². The summed E-state index contributed by atoms with van der Waals surface area (Å²) in [6, 6.07) is 11.7. The fourth-order valence-corrected chi connectivity index (χ4v) is 5.25. The summed E-state index contributed by atoms with van der Waals surface area (Å²) in [7, 11) is 0. The normalized spacial score (nSPS) is 27.8. The van der Waals surface area contributed by atoms with E-state index in [1.165, 1.54) is 54.7 Å². The Morgan fingerprint density at radius 1 is 1.15 bits per heavy atom. The van der Waals surface area contributed by atoms with Crippen LogP contribution < -0.4 is 10.6 Å². The Bertz CT molecular complexity index is 766. The molecule has 5 heteroatoms. The second kappa shape index (κ2) is 7.74. The molecular weight excluding hydrogens is 336 g/mol. The number of morpholine rings is 1. The zero-order valence-electron chi connectivity index (χ0n) is 16.0. The molecule has 3 unspecified atom stereocenters. The average molecular weight is 367 g/mol. The topological polar surface area (TPSA) is 51.1 Å². The molecule has 27 heavy (non-hydrogen) atoms. The van der Waals surface area contributed by atoms with Crippen LogP contribution in [0.5, 0.6) is 0 Å². The fourth-order valence-electron chi connectivity index (χ4n) is 5.25. The Balaban J connectivity index is 1.31. The number of nitrogens with zero attached hydrogens (tertiary/aromatic N) is 2. The van der Waals surface area contributed by atoms with Crippen molar-refractivity contribution in [1.82, 2.24) is 20.4 Å². The molecule has 2 fully saturated rings. The van der Waals surface area contributed by atoms with Crippen molar-refractivity contribution in [3.8, 4) is 5.69 Å². The minimum absolute atomic E-state index is 0.506. The van der Waals surface area contributed by atoms with Gasteiger partial charge >= 0.3 is 0 Å². The standard InChI is InChI=1S/C22H30N4O/c1-2-6-16(7-3-1)26-22-11-5-9-18(22)20(25-26)14-24-19-10-4-8-17(19)21-15-27-13-12-23-21/h1-3,6-7,17,19,21,23-24H,4-5,8-15H2. The van der Waals surface area contributed by atoms with Gasteiger partial charge in [0, 0.05) is 30.9 Å². The maximum absolute atomic E-state index is 5.71. The van der Waals surface area contributed by atoms with Gasteiger partial charge < -0.3 is 15.4 Å². The Labute approximate surface area is 161 Å². The molecule has 1 saturated carbocycles. The van der Waals surface area contributed by atoms with Crippen LogP contribution in [0.4, 0.5) is 0 Å². The first-order valence-corrected chi connectivity index (χ1v) is 10.6. The molecule has 0 amide bonds. The van der Waals surface area contributed by atoms with E-state index in [4.69, 9.17) is 9.84 Å². The number of hydrogen-bond acceptors (Lipinski definition) is 4. The molecule has 0 spiro atoms. The zero-order valence-corrected chi connectivity index (χ0v) is 16.0. The van der Waals surface area contributed by atoms with Crippen molar-refractivity contribution in [2.24, 2.45) is 5.92 Å². The molecule has 2 aromatic rings. The summed E-state index contributed by atoms with van der Waals surface area (Å²) in [4.78, 5) is 0. The minimum atomic E-state index is 0.506. The van der Waals surface area contributed by atoms with Gasteiger partial charge in [-0.3, -0.25) is 0 Å². The molecule has 0 radical (unpaired) electrons. The summed E-state index contributed by atoms with van der Waals surface area (Å²) < 4.78 is 7.90. The van der Waals surface area contributed by atoms with Gasteiger partial charge in [-0.05, 0) is 55.7 Å². The largest absolute Gasteiger partial charge is 0.379 e. The molecule has 1 saturated heterocycles. The van der Waals surface area contributed by atoms with Crippen LogP contribution in [0.25, 0.3) is 5.69 Å². The molecular formula is C22H30N4O. The first kappa shape index (κ1) is 17.4. The lowest BCUT2D eigenvalue weighted by Gasteiger charge is -2.33. The number of hydrogen-bond donors (Lipinski definition) is 2. The van der Waals surface area contributed by atoms with Crippen LogP contribution in [0, 0.1) is 5.92 Å². The van der Waals surface area contributed by atoms with Gasteiger partial charge in [0.15, 0.2) is 0 Å². The van der Waals surface area contributed by atoms with E-state index in [0.29, 0.717) is 18.0 Å². The van der Waals surface area contributed by atoms with Crippen molar-refractivity contribution in [1.29, 1.82) is 0 Å². The van der Waals surface area contributed by atoms with E-state index in [2.05, 4.69) is 45.6 Å². The quantitative estimate of drug-likeness (QED) is 0.854. The number of aromatic nitrogens is 2. The molecule has 2 N–H and O–H groups in total. The average Bonchev–Trinajstić information content (AvgIpc) is 3.45. The molecule has 5 rings (SSSR count). The van der Waals surface area contributed by atoms with E-state index in [9.17, 15) is 0 Å². The molecule has 0 bridgehead atoms.